The number of hydrogen-bond acceptors (Lipinski definition) is 4. The summed E-state index contributed by atoms with van der Waals surface area (Å²) in [5.74, 6) is 7.79. The molecule has 1 aromatic rings. The molecule has 4 aliphatic carbocycles. The van der Waals surface area contributed by atoms with Crippen LogP contribution in [0.4, 0.5) is 0 Å². The van der Waals surface area contributed by atoms with Crippen molar-refractivity contribution in [2.24, 2.45) is 35.6 Å². The number of hydrazine groups is 1. The zero-order valence-corrected chi connectivity index (χ0v) is 14.4. The number of nitrogens with one attached hydrogen (secondary N) is 1. The Morgan fingerprint density at radius 1 is 1.33 bits per heavy atom. The van der Waals surface area contributed by atoms with E-state index in [9.17, 15) is 0 Å². The topological polar surface area (TPSA) is 68.8 Å². The molecule has 0 radical (unpaired) electrons. The van der Waals surface area contributed by atoms with Crippen molar-refractivity contribution in [2.75, 3.05) is 0 Å². The molecule has 21 heavy (non-hydrogen) atoms. The molecule has 4 bridgehead atoms. The van der Waals surface area contributed by atoms with Crippen molar-refractivity contribution in [3.05, 3.63) is 10.3 Å². The summed E-state index contributed by atoms with van der Waals surface area (Å²) in [5.41, 5.74) is 5.01. The van der Waals surface area contributed by atoms with Crippen molar-refractivity contribution in [3.8, 4) is 0 Å². The largest absolute Gasteiger partial charge is 0.271 e. The minimum Gasteiger partial charge on any atom is -0.271 e. The van der Waals surface area contributed by atoms with Gasteiger partial charge in [-0.3, -0.25) is 11.3 Å². The van der Waals surface area contributed by atoms with Crippen molar-refractivity contribution in [1.29, 1.82) is 0 Å². The molecular weight excluding hydrogens is 330 g/mol. The summed E-state index contributed by atoms with van der Waals surface area (Å²) in [7, 11) is 1.96. The number of hydrogen-bond donors (Lipinski definition) is 2. The summed E-state index contributed by atoms with van der Waals surface area (Å²) >= 11 is 3.56. The van der Waals surface area contributed by atoms with E-state index in [0.717, 1.165) is 22.1 Å². The van der Waals surface area contributed by atoms with Crippen LogP contribution in [0.2, 0.25) is 0 Å². The first-order chi connectivity index (χ1) is 9.95. The Morgan fingerprint density at radius 2 is 2.00 bits per heavy atom. The molecule has 4 aliphatic rings. The quantitative estimate of drug-likeness (QED) is 0.647. The Hall–Kier alpha value is -0.460. The van der Waals surface area contributed by atoms with Gasteiger partial charge < -0.3 is 0 Å². The third-order valence-electron chi connectivity index (χ3n) is 6.28. The van der Waals surface area contributed by atoms with Crippen molar-refractivity contribution < 1.29 is 0 Å². The molecule has 3 N–H and O–H groups in total. The number of halogens is 1. The molecule has 3 atom stereocenters. The van der Waals surface area contributed by atoms with Gasteiger partial charge in [0.1, 0.15) is 0 Å². The maximum Gasteiger partial charge on any atom is 0.153 e. The van der Waals surface area contributed by atoms with Gasteiger partial charge in [-0.1, -0.05) is 12.1 Å². The van der Waals surface area contributed by atoms with Gasteiger partial charge in [0.25, 0.3) is 0 Å². The average molecular weight is 354 g/mol. The summed E-state index contributed by atoms with van der Waals surface area (Å²) in [4.78, 5) is 0. The van der Waals surface area contributed by atoms with Gasteiger partial charge in [-0.05, 0) is 77.1 Å². The lowest BCUT2D eigenvalue weighted by Gasteiger charge is -2.63. The minimum atomic E-state index is 0.136. The summed E-state index contributed by atoms with van der Waals surface area (Å²) < 4.78 is 2.70. The van der Waals surface area contributed by atoms with Gasteiger partial charge in [0.15, 0.2) is 4.60 Å². The monoisotopic (exact) mass is 353 g/mol. The van der Waals surface area contributed by atoms with E-state index in [0.29, 0.717) is 5.41 Å². The molecule has 0 amide bonds. The highest BCUT2D eigenvalue weighted by molar-refractivity contribution is 9.10. The Bertz CT molecular complexity index is 535. The number of aromatic nitrogens is 3. The smallest absolute Gasteiger partial charge is 0.153 e. The highest BCUT2D eigenvalue weighted by Crippen LogP contribution is 2.68. The average Bonchev–Trinajstić information content (AvgIpc) is 2.68. The number of aryl methyl sites for hydroxylation is 1. The molecule has 0 aliphatic heterocycles. The summed E-state index contributed by atoms with van der Waals surface area (Å²) in [6.07, 6.45) is 8.12. The first-order valence-corrected chi connectivity index (χ1v) is 8.75. The van der Waals surface area contributed by atoms with Gasteiger partial charge >= 0.3 is 0 Å². The fraction of sp³-hybridized carbons (Fsp3) is 0.867. The third kappa shape index (κ3) is 2.02. The van der Waals surface area contributed by atoms with Crippen LogP contribution in [0.25, 0.3) is 0 Å². The van der Waals surface area contributed by atoms with Crippen LogP contribution in [0, 0.1) is 22.7 Å². The first-order valence-electron chi connectivity index (χ1n) is 7.96. The van der Waals surface area contributed by atoms with Crippen LogP contribution in [0.1, 0.15) is 57.2 Å². The summed E-state index contributed by atoms with van der Waals surface area (Å²) in [6.45, 7) is 2.49. The minimum absolute atomic E-state index is 0.136. The second kappa shape index (κ2) is 4.52. The predicted molar refractivity (Wildman–Crippen MR) is 84.0 cm³/mol. The second-order valence-corrected chi connectivity index (χ2v) is 8.87. The standard InChI is InChI=1S/C15H24BrN5/c1-14-4-9-3-10(5-14)7-15(6-9,8-14)12(18-17)11-13(16)19-20-21(11)2/h9-10,12,18H,3-8,17H2,1-2H3. The van der Waals surface area contributed by atoms with E-state index in [1.54, 1.807) is 0 Å². The molecule has 6 heteroatoms. The van der Waals surface area contributed by atoms with Crippen LogP contribution in [0.3, 0.4) is 0 Å². The van der Waals surface area contributed by atoms with E-state index >= 15 is 0 Å². The van der Waals surface area contributed by atoms with Crippen LogP contribution >= 0.6 is 15.9 Å². The fourth-order valence-electron chi connectivity index (χ4n) is 6.33. The maximum absolute atomic E-state index is 6.03. The van der Waals surface area contributed by atoms with Gasteiger partial charge in [0, 0.05) is 7.05 Å². The molecule has 0 spiro atoms. The van der Waals surface area contributed by atoms with E-state index in [1.165, 1.54) is 38.5 Å². The molecule has 1 aromatic heterocycles. The Kier molecular flexibility index (Phi) is 3.05. The van der Waals surface area contributed by atoms with Crippen molar-refractivity contribution in [2.45, 2.75) is 51.5 Å². The van der Waals surface area contributed by atoms with Gasteiger partial charge in [-0.25, -0.2) is 4.68 Å². The van der Waals surface area contributed by atoms with Crippen molar-refractivity contribution >= 4 is 15.9 Å². The van der Waals surface area contributed by atoms with Crippen molar-refractivity contribution in [1.82, 2.24) is 20.4 Å². The molecule has 5 nitrogen and oxygen atoms in total. The Balaban J connectivity index is 1.77. The van der Waals surface area contributed by atoms with Gasteiger partial charge in [0.05, 0.1) is 11.7 Å². The lowest BCUT2D eigenvalue weighted by molar-refractivity contribution is -0.120. The van der Waals surface area contributed by atoms with Crippen LogP contribution < -0.4 is 11.3 Å². The first kappa shape index (κ1) is 14.2. The number of nitrogens with zero attached hydrogens (tertiary/aromatic N) is 3. The summed E-state index contributed by atoms with van der Waals surface area (Å²) in [6, 6.07) is 0.136. The second-order valence-electron chi connectivity index (χ2n) is 8.12. The molecule has 0 saturated heterocycles. The van der Waals surface area contributed by atoms with E-state index in [1.807, 2.05) is 11.7 Å². The molecule has 3 unspecified atom stereocenters. The fourth-order valence-corrected chi connectivity index (χ4v) is 6.88. The SMILES string of the molecule is Cn1nnc(Br)c1C(NN)C12CC3CC(CC(C)(C3)C1)C2. The lowest BCUT2D eigenvalue weighted by Crippen LogP contribution is -2.56. The highest BCUT2D eigenvalue weighted by atomic mass is 79.9. The van der Waals surface area contributed by atoms with E-state index in [4.69, 9.17) is 5.84 Å². The maximum atomic E-state index is 6.03. The van der Waals surface area contributed by atoms with Gasteiger partial charge in [0.2, 0.25) is 0 Å². The summed E-state index contributed by atoms with van der Waals surface area (Å²) in [5, 5.41) is 8.32. The lowest BCUT2D eigenvalue weighted by atomic mass is 9.43. The molecule has 0 aromatic carbocycles. The van der Waals surface area contributed by atoms with E-state index in [2.05, 4.69) is 38.6 Å². The third-order valence-corrected chi connectivity index (χ3v) is 6.84. The zero-order valence-electron chi connectivity index (χ0n) is 12.8. The van der Waals surface area contributed by atoms with Gasteiger partial charge in [-0.15, -0.1) is 5.10 Å². The van der Waals surface area contributed by atoms with E-state index in [-0.39, 0.29) is 11.5 Å². The normalized spacial score (nSPS) is 42.5. The molecule has 116 valence electrons. The van der Waals surface area contributed by atoms with Crippen LogP contribution in [0.5, 0.6) is 0 Å². The van der Waals surface area contributed by atoms with Gasteiger partial charge in [-0.2, -0.15) is 0 Å². The Morgan fingerprint density at radius 3 is 2.48 bits per heavy atom. The molecule has 5 rings (SSSR count). The number of rotatable bonds is 3. The highest BCUT2D eigenvalue weighted by Gasteiger charge is 2.59. The van der Waals surface area contributed by atoms with Crippen LogP contribution in [-0.4, -0.2) is 15.0 Å². The zero-order chi connectivity index (χ0) is 14.8. The molecule has 4 saturated carbocycles. The number of nitrogens with two attached hydrogens (primary N) is 1. The molecule has 1 heterocycles. The Labute approximate surface area is 134 Å². The predicted octanol–water partition coefficient (Wildman–Crippen LogP) is 2.69. The molecular formula is C15H24BrN5. The van der Waals surface area contributed by atoms with Crippen molar-refractivity contribution in [3.63, 3.8) is 0 Å². The van der Waals surface area contributed by atoms with Crippen LogP contribution in [-0.2, 0) is 7.05 Å². The van der Waals surface area contributed by atoms with E-state index < -0.39 is 0 Å². The molecule has 4 fully saturated rings. The van der Waals surface area contributed by atoms with Crippen LogP contribution in [0.15, 0.2) is 4.60 Å².